The predicted molar refractivity (Wildman–Crippen MR) is 84.0 cm³/mol. The number of rotatable bonds is 8. The maximum Gasteiger partial charge on any atom is 0.225 e. The molecular weight excluding hydrogens is 234 g/mol. The quantitative estimate of drug-likeness (QED) is 0.596. The molecule has 2 heteroatoms. The van der Waals surface area contributed by atoms with E-state index in [1.807, 2.05) is 18.7 Å². The number of allylic oxidation sites excluding steroid dienone is 3. The van der Waals surface area contributed by atoms with E-state index in [2.05, 4.69) is 39.5 Å². The average molecular weight is 263 g/mol. The van der Waals surface area contributed by atoms with Gasteiger partial charge in [0.1, 0.15) is 0 Å². The molecule has 0 aliphatic heterocycles. The normalized spacial score (nSPS) is 11.4. The summed E-state index contributed by atoms with van der Waals surface area (Å²) in [5.41, 5.74) is 2.69. The second kappa shape index (κ2) is 9.60. The second-order valence-electron chi connectivity index (χ2n) is 5.56. The van der Waals surface area contributed by atoms with Gasteiger partial charge in [-0.2, -0.15) is 0 Å². The van der Waals surface area contributed by atoms with Crippen molar-refractivity contribution in [3.05, 3.63) is 36.0 Å². The molecule has 0 N–H and O–H groups in total. The molecule has 0 aromatic carbocycles. The van der Waals surface area contributed by atoms with Crippen LogP contribution in [0.3, 0.4) is 0 Å². The Labute approximate surface area is 118 Å². The Hall–Kier alpha value is -1.31. The minimum absolute atomic E-state index is 0.0410. The van der Waals surface area contributed by atoms with Crippen molar-refractivity contribution in [2.24, 2.45) is 5.92 Å². The third kappa shape index (κ3) is 8.41. The zero-order chi connectivity index (χ0) is 14.8. The van der Waals surface area contributed by atoms with Gasteiger partial charge in [-0.15, -0.1) is 6.58 Å². The Kier molecular flexibility index (Phi) is 8.94. The van der Waals surface area contributed by atoms with Gasteiger partial charge in [-0.3, -0.25) is 4.79 Å². The van der Waals surface area contributed by atoms with E-state index in [9.17, 15) is 4.79 Å². The summed E-state index contributed by atoms with van der Waals surface area (Å²) in [7, 11) is 0. The first-order chi connectivity index (χ1) is 8.88. The summed E-state index contributed by atoms with van der Waals surface area (Å²) in [6.45, 7) is 15.3. The van der Waals surface area contributed by atoms with Crippen molar-refractivity contribution in [3.63, 3.8) is 0 Å². The van der Waals surface area contributed by atoms with Crippen molar-refractivity contribution in [2.45, 2.75) is 47.5 Å². The van der Waals surface area contributed by atoms with Gasteiger partial charge in [0.2, 0.25) is 5.91 Å². The van der Waals surface area contributed by atoms with Crippen LogP contribution in [0.5, 0.6) is 0 Å². The molecule has 0 heterocycles. The molecule has 0 spiro atoms. The van der Waals surface area contributed by atoms with Crippen LogP contribution in [0.1, 0.15) is 47.5 Å². The average Bonchev–Trinajstić information content (AvgIpc) is 2.32. The summed E-state index contributed by atoms with van der Waals surface area (Å²) >= 11 is 0. The Morgan fingerprint density at radius 3 is 2.26 bits per heavy atom. The fourth-order valence-electron chi connectivity index (χ4n) is 1.73. The van der Waals surface area contributed by atoms with E-state index in [1.165, 1.54) is 11.1 Å². The van der Waals surface area contributed by atoms with E-state index in [0.29, 0.717) is 13.1 Å². The highest BCUT2D eigenvalue weighted by Gasteiger charge is 2.14. The maximum absolute atomic E-state index is 12.0. The van der Waals surface area contributed by atoms with E-state index >= 15 is 0 Å². The molecule has 0 rings (SSSR count). The molecule has 0 aromatic heterocycles. The molecule has 0 radical (unpaired) electrons. The lowest BCUT2D eigenvalue weighted by Gasteiger charge is -2.22. The molecule has 0 aliphatic carbocycles. The Morgan fingerprint density at radius 2 is 1.79 bits per heavy atom. The van der Waals surface area contributed by atoms with Crippen molar-refractivity contribution < 1.29 is 4.79 Å². The van der Waals surface area contributed by atoms with Gasteiger partial charge < -0.3 is 4.90 Å². The van der Waals surface area contributed by atoms with Crippen molar-refractivity contribution in [3.8, 4) is 0 Å². The topological polar surface area (TPSA) is 20.3 Å². The number of hydrogen-bond donors (Lipinski definition) is 0. The summed E-state index contributed by atoms with van der Waals surface area (Å²) in [4.78, 5) is 13.8. The van der Waals surface area contributed by atoms with Gasteiger partial charge in [0.05, 0.1) is 0 Å². The molecule has 1 amide bonds. The van der Waals surface area contributed by atoms with Crippen LogP contribution in [0.4, 0.5) is 0 Å². The van der Waals surface area contributed by atoms with Crippen LogP contribution < -0.4 is 0 Å². The molecular formula is C17H29NO. The minimum atomic E-state index is 0.0410. The van der Waals surface area contributed by atoms with Crippen LogP contribution in [0.15, 0.2) is 36.0 Å². The third-order valence-electron chi connectivity index (χ3n) is 2.91. The molecule has 0 unspecified atom stereocenters. The van der Waals surface area contributed by atoms with Crippen LogP contribution in [0, 0.1) is 5.92 Å². The summed E-state index contributed by atoms with van der Waals surface area (Å²) < 4.78 is 0. The first-order valence-electron chi connectivity index (χ1n) is 7.07. The monoisotopic (exact) mass is 263 g/mol. The van der Waals surface area contributed by atoms with E-state index < -0.39 is 0 Å². The zero-order valence-electron chi connectivity index (χ0n) is 13.2. The molecule has 0 saturated heterocycles. The Morgan fingerprint density at radius 1 is 1.16 bits per heavy atom. The Bertz CT molecular complexity index is 346. The highest BCUT2D eigenvalue weighted by Crippen LogP contribution is 2.08. The zero-order valence-corrected chi connectivity index (χ0v) is 13.2. The number of carbonyl (C=O) groups is 1. The number of hydrogen-bond acceptors (Lipinski definition) is 1. The fraction of sp³-hybridized carbons (Fsp3) is 0.588. The lowest BCUT2D eigenvalue weighted by molar-refractivity contribution is -0.133. The summed E-state index contributed by atoms with van der Waals surface area (Å²) in [6.07, 6.45) is 8.32. The van der Waals surface area contributed by atoms with Crippen LogP contribution in [0.2, 0.25) is 0 Å². The van der Waals surface area contributed by atoms with E-state index in [0.717, 1.165) is 12.8 Å². The van der Waals surface area contributed by atoms with Crippen molar-refractivity contribution in [2.75, 3.05) is 13.1 Å². The lowest BCUT2D eigenvalue weighted by Crippen LogP contribution is -2.34. The molecule has 108 valence electrons. The summed E-state index contributed by atoms with van der Waals surface area (Å²) in [5, 5.41) is 0. The minimum Gasteiger partial charge on any atom is -0.335 e. The number of carbonyl (C=O) groups excluding carboxylic acids is 1. The smallest absolute Gasteiger partial charge is 0.225 e. The molecule has 0 fully saturated rings. The molecule has 2 nitrogen and oxygen atoms in total. The lowest BCUT2D eigenvalue weighted by atomic mass is 10.1. The van der Waals surface area contributed by atoms with Crippen molar-refractivity contribution >= 4 is 5.91 Å². The van der Waals surface area contributed by atoms with Crippen LogP contribution in [-0.2, 0) is 4.79 Å². The first kappa shape index (κ1) is 17.7. The van der Waals surface area contributed by atoms with Crippen molar-refractivity contribution in [1.29, 1.82) is 0 Å². The molecule has 19 heavy (non-hydrogen) atoms. The van der Waals surface area contributed by atoms with E-state index in [4.69, 9.17) is 0 Å². The van der Waals surface area contributed by atoms with Crippen LogP contribution in [0.25, 0.3) is 0 Å². The molecule has 0 aliphatic rings. The van der Waals surface area contributed by atoms with Crippen LogP contribution >= 0.6 is 0 Å². The SMILES string of the molecule is C=CCN(CC=C(C)CCC=C(C)C)C(=O)C(C)C. The van der Waals surface area contributed by atoms with Gasteiger partial charge in [-0.05, 0) is 33.6 Å². The molecule has 0 aromatic rings. The predicted octanol–water partition coefficient (Wildman–Crippen LogP) is 4.35. The maximum atomic E-state index is 12.0. The highest BCUT2D eigenvalue weighted by molar-refractivity contribution is 5.78. The van der Waals surface area contributed by atoms with Gasteiger partial charge in [-0.25, -0.2) is 0 Å². The number of nitrogens with zero attached hydrogens (tertiary/aromatic N) is 1. The molecule has 0 bridgehead atoms. The second-order valence-corrected chi connectivity index (χ2v) is 5.56. The van der Waals surface area contributed by atoms with Gasteiger partial charge in [0.25, 0.3) is 0 Å². The summed E-state index contributed by atoms with van der Waals surface area (Å²) in [6, 6.07) is 0. The van der Waals surface area contributed by atoms with E-state index in [1.54, 1.807) is 6.08 Å². The van der Waals surface area contributed by atoms with Gasteiger partial charge >= 0.3 is 0 Å². The van der Waals surface area contributed by atoms with Crippen LogP contribution in [-0.4, -0.2) is 23.9 Å². The highest BCUT2D eigenvalue weighted by atomic mass is 16.2. The Balaban J connectivity index is 4.39. The standard InChI is InChI=1S/C17H29NO/c1-7-12-18(17(19)15(4)5)13-11-16(6)10-8-9-14(2)3/h7,9,11,15H,1,8,10,12-13H2,2-6H3. The largest absolute Gasteiger partial charge is 0.335 e. The van der Waals surface area contributed by atoms with E-state index in [-0.39, 0.29) is 11.8 Å². The van der Waals surface area contributed by atoms with Crippen molar-refractivity contribution in [1.82, 2.24) is 4.90 Å². The fourth-order valence-corrected chi connectivity index (χ4v) is 1.73. The van der Waals surface area contributed by atoms with Gasteiger partial charge in [0, 0.05) is 19.0 Å². The molecule has 0 atom stereocenters. The summed E-state index contributed by atoms with van der Waals surface area (Å²) in [5.74, 6) is 0.229. The first-order valence-corrected chi connectivity index (χ1v) is 7.07. The number of amides is 1. The third-order valence-corrected chi connectivity index (χ3v) is 2.91. The molecule has 0 saturated carbocycles. The van der Waals surface area contributed by atoms with Gasteiger partial charge in [0.15, 0.2) is 0 Å². The van der Waals surface area contributed by atoms with Gasteiger partial charge in [-0.1, -0.05) is 43.2 Å².